The molecule has 1 saturated carbocycles. The zero-order valence-electron chi connectivity index (χ0n) is 19.5. The number of carbonyl (C=O) groups excluding carboxylic acids is 1. The second-order valence-corrected chi connectivity index (χ2v) is 10.9. The van der Waals surface area contributed by atoms with Gasteiger partial charge in [0.25, 0.3) is 0 Å². The molecule has 4 rings (SSSR count). The summed E-state index contributed by atoms with van der Waals surface area (Å²) >= 11 is 8.61. The summed E-state index contributed by atoms with van der Waals surface area (Å²) in [6, 6.07) is 7.91. The average Bonchev–Trinajstić information content (AvgIpc) is 3.45. The predicted octanol–water partition coefficient (Wildman–Crippen LogP) is 4.98. The molecule has 2 aromatic heterocycles. The first kappa shape index (κ1) is 26.1. The number of ketones is 1. The maximum Gasteiger partial charge on any atom is 0.208 e. The van der Waals surface area contributed by atoms with Gasteiger partial charge in [-0.2, -0.15) is 0 Å². The van der Waals surface area contributed by atoms with Crippen LogP contribution in [-0.4, -0.2) is 40.1 Å². The molecule has 0 saturated heterocycles. The van der Waals surface area contributed by atoms with Gasteiger partial charge >= 0.3 is 0 Å². The third-order valence-corrected chi connectivity index (χ3v) is 7.98. The highest BCUT2D eigenvalue weighted by atomic mass is 35.5. The van der Waals surface area contributed by atoms with Crippen molar-refractivity contribution in [2.45, 2.75) is 45.1 Å². The molecule has 1 fully saturated rings. The number of carbonyl (C=O) groups is 1. The van der Waals surface area contributed by atoms with Gasteiger partial charge in [0.2, 0.25) is 5.78 Å². The van der Waals surface area contributed by atoms with Crippen molar-refractivity contribution >= 4 is 46.8 Å². The molecule has 186 valence electrons. The van der Waals surface area contributed by atoms with E-state index >= 15 is 0 Å². The molecule has 1 aromatic carbocycles. The van der Waals surface area contributed by atoms with Crippen LogP contribution in [0.4, 0.5) is 5.82 Å². The van der Waals surface area contributed by atoms with Crippen molar-refractivity contribution < 1.29 is 14.1 Å². The predicted molar refractivity (Wildman–Crippen MR) is 142 cm³/mol. The highest BCUT2D eigenvalue weighted by Crippen LogP contribution is 2.32. The second kappa shape index (κ2) is 12.3. The minimum Gasteiger partial charge on any atom is -0.396 e. The van der Waals surface area contributed by atoms with E-state index in [1.165, 1.54) is 17.7 Å². The number of aliphatic hydroxyl groups is 1. The molecule has 3 aromatic rings. The number of nitrogens with two attached hydrogens (primary N) is 1. The number of benzene rings is 1. The number of hydrogen-bond donors (Lipinski definition) is 3. The molecule has 0 amide bonds. The van der Waals surface area contributed by atoms with Crippen LogP contribution < -0.4 is 10.5 Å². The zero-order valence-corrected chi connectivity index (χ0v) is 21.9. The lowest BCUT2D eigenvalue weighted by Crippen LogP contribution is -2.20. The smallest absolute Gasteiger partial charge is 0.208 e. The van der Waals surface area contributed by atoms with E-state index in [2.05, 4.69) is 15.3 Å². The first-order valence-electron chi connectivity index (χ1n) is 11.6. The van der Waals surface area contributed by atoms with Crippen LogP contribution in [0.5, 0.6) is 0 Å². The SMILES string of the molecule is Cc1sc(C(=O)c2cncnc2NC2CCC(COSN)C2)cc1Cc1cc(Cl)ccc1CCO. The largest absolute Gasteiger partial charge is 0.396 e. The van der Waals surface area contributed by atoms with Crippen molar-refractivity contribution in [3.05, 3.63) is 73.8 Å². The van der Waals surface area contributed by atoms with E-state index in [4.69, 9.17) is 20.9 Å². The van der Waals surface area contributed by atoms with Gasteiger partial charge in [-0.1, -0.05) is 17.7 Å². The Morgan fingerprint density at radius 1 is 1.31 bits per heavy atom. The molecule has 35 heavy (non-hydrogen) atoms. The molecule has 2 atom stereocenters. The fourth-order valence-electron chi connectivity index (χ4n) is 4.57. The Balaban J connectivity index is 1.51. The van der Waals surface area contributed by atoms with Crippen molar-refractivity contribution in [1.82, 2.24) is 9.97 Å². The number of aryl methyl sites for hydroxylation is 1. The Labute approximate surface area is 218 Å². The highest BCUT2D eigenvalue weighted by Gasteiger charge is 2.27. The van der Waals surface area contributed by atoms with E-state index in [1.54, 1.807) is 6.20 Å². The molecular weight excluding hydrogens is 504 g/mol. The molecule has 0 radical (unpaired) electrons. The average molecular weight is 533 g/mol. The zero-order chi connectivity index (χ0) is 24.8. The van der Waals surface area contributed by atoms with Crippen LogP contribution in [-0.2, 0) is 17.0 Å². The van der Waals surface area contributed by atoms with E-state index < -0.39 is 0 Å². The van der Waals surface area contributed by atoms with E-state index in [9.17, 15) is 9.90 Å². The Kier molecular flexibility index (Phi) is 9.16. The van der Waals surface area contributed by atoms with Gasteiger partial charge < -0.3 is 14.6 Å². The lowest BCUT2D eigenvalue weighted by atomic mass is 9.98. The van der Waals surface area contributed by atoms with Crippen LogP contribution in [0.1, 0.15) is 56.1 Å². The molecule has 4 N–H and O–H groups in total. The Morgan fingerprint density at radius 2 is 2.17 bits per heavy atom. The topological polar surface area (TPSA) is 110 Å². The monoisotopic (exact) mass is 532 g/mol. The first-order chi connectivity index (χ1) is 17.0. The van der Waals surface area contributed by atoms with Crippen LogP contribution in [0.15, 0.2) is 36.8 Å². The van der Waals surface area contributed by atoms with Crippen molar-refractivity contribution in [2.75, 3.05) is 18.5 Å². The number of hydrogen-bond acceptors (Lipinski definition) is 9. The number of thiophene rings is 1. The Hall–Kier alpha value is -2.01. The quantitative estimate of drug-likeness (QED) is 0.180. The number of anilines is 1. The lowest BCUT2D eigenvalue weighted by molar-refractivity contribution is 0.104. The molecular formula is C25H29ClN4O3S2. The molecule has 2 heterocycles. The normalized spacial score (nSPS) is 17.6. The molecule has 0 aliphatic heterocycles. The number of halogens is 1. The third kappa shape index (κ3) is 6.61. The van der Waals surface area contributed by atoms with Crippen LogP contribution in [0.2, 0.25) is 5.02 Å². The molecule has 1 aliphatic rings. The van der Waals surface area contributed by atoms with E-state index in [1.807, 2.05) is 31.2 Å². The van der Waals surface area contributed by atoms with Gasteiger partial charge in [-0.3, -0.25) is 9.93 Å². The minimum absolute atomic E-state index is 0.0749. The maximum absolute atomic E-state index is 13.5. The molecule has 1 aliphatic carbocycles. The van der Waals surface area contributed by atoms with Gasteiger partial charge in [-0.15, -0.1) is 11.3 Å². The fourth-order valence-corrected chi connectivity index (χ4v) is 6.03. The number of aromatic nitrogens is 2. The fraction of sp³-hybridized carbons (Fsp3) is 0.400. The number of nitrogens with one attached hydrogen (secondary N) is 1. The highest BCUT2D eigenvalue weighted by molar-refractivity contribution is 7.92. The number of aliphatic hydroxyl groups excluding tert-OH is 1. The number of rotatable bonds is 11. The van der Waals surface area contributed by atoms with Gasteiger partial charge in [-0.05, 0) is 79.8 Å². The third-order valence-electron chi connectivity index (χ3n) is 6.39. The van der Waals surface area contributed by atoms with Crippen LogP contribution in [0.3, 0.4) is 0 Å². The summed E-state index contributed by atoms with van der Waals surface area (Å²) in [5, 5.41) is 18.9. The lowest BCUT2D eigenvalue weighted by Gasteiger charge is -2.15. The summed E-state index contributed by atoms with van der Waals surface area (Å²) in [5.74, 6) is 0.915. The van der Waals surface area contributed by atoms with E-state index in [0.29, 0.717) is 46.6 Å². The molecule has 10 heteroatoms. The van der Waals surface area contributed by atoms with E-state index in [0.717, 1.165) is 53.1 Å². The van der Waals surface area contributed by atoms with Crippen LogP contribution in [0, 0.1) is 12.8 Å². The van der Waals surface area contributed by atoms with Gasteiger partial charge in [-0.25, -0.2) is 9.97 Å². The van der Waals surface area contributed by atoms with Crippen LogP contribution >= 0.6 is 35.2 Å². The van der Waals surface area contributed by atoms with Gasteiger partial charge in [0.1, 0.15) is 12.1 Å². The summed E-state index contributed by atoms with van der Waals surface area (Å²) < 4.78 is 5.29. The second-order valence-electron chi connectivity index (χ2n) is 8.77. The first-order valence-corrected chi connectivity index (χ1v) is 13.6. The standard InChI is InChI=1S/C25H29ClN4O3S2/c1-15-18(9-19-10-20(26)4-3-17(19)6-7-31)11-23(34-15)24(32)22-12-28-14-29-25(22)30-21-5-2-16(8-21)13-33-35-27/h3-4,10-12,14,16,21,31H,2,5-9,13,27H2,1H3,(H,28,29,30). The molecule has 0 bridgehead atoms. The summed E-state index contributed by atoms with van der Waals surface area (Å²) in [4.78, 5) is 23.7. The van der Waals surface area contributed by atoms with Crippen molar-refractivity contribution in [3.8, 4) is 0 Å². The Morgan fingerprint density at radius 3 is 2.97 bits per heavy atom. The summed E-state index contributed by atoms with van der Waals surface area (Å²) in [7, 11) is 0. The maximum atomic E-state index is 13.5. The Bertz CT molecular complexity index is 1170. The van der Waals surface area contributed by atoms with E-state index in [-0.39, 0.29) is 18.4 Å². The molecule has 7 nitrogen and oxygen atoms in total. The van der Waals surface area contributed by atoms with Gasteiger partial charge in [0.05, 0.1) is 29.3 Å². The summed E-state index contributed by atoms with van der Waals surface area (Å²) in [6.45, 7) is 2.72. The summed E-state index contributed by atoms with van der Waals surface area (Å²) in [5.41, 5.74) is 3.66. The van der Waals surface area contributed by atoms with Gasteiger partial charge in [0, 0.05) is 28.7 Å². The van der Waals surface area contributed by atoms with Crippen molar-refractivity contribution in [1.29, 1.82) is 0 Å². The summed E-state index contributed by atoms with van der Waals surface area (Å²) in [6.07, 6.45) is 7.23. The van der Waals surface area contributed by atoms with Crippen molar-refractivity contribution in [3.63, 3.8) is 0 Å². The number of nitrogens with zero attached hydrogens (tertiary/aromatic N) is 2. The van der Waals surface area contributed by atoms with Crippen molar-refractivity contribution in [2.24, 2.45) is 11.1 Å². The molecule has 0 spiro atoms. The van der Waals surface area contributed by atoms with Gasteiger partial charge in [0.15, 0.2) is 0 Å². The minimum atomic E-state index is -0.0912. The van der Waals surface area contributed by atoms with Crippen LogP contribution in [0.25, 0.3) is 0 Å². The molecule has 2 unspecified atom stereocenters.